The molecule has 0 aliphatic rings. The molecule has 0 aromatic heterocycles. The Morgan fingerprint density at radius 1 is 0.944 bits per heavy atom. The molecule has 2 aromatic rings. The van der Waals surface area contributed by atoms with E-state index >= 15 is 0 Å². The van der Waals surface area contributed by atoms with Crippen molar-refractivity contribution in [3.8, 4) is 0 Å². The molecule has 0 saturated carbocycles. The third-order valence-corrected chi connectivity index (χ3v) is 5.24. The molecule has 18 heavy (non-hydrogen) atoms. The molecule has 1 unspecified atom stereocenters. The van der Waals surface area contributed by atoms with Gasteiger partial charge in [-0.05, 0) is 29.8 Å². The van der Waals surface area contributed by atoms with Crippen molar-refractivity contribution in [3.05, 3.63) is 60.2 Å². The second-order valence-electron chi connectivity index (χ2n) is 3.84. The van der Waals surface area contributed by atoms with Crippen LogP contribution >= 0.6 is 11.6 Å². The van der Waals surface area contributed by atoms with Crippen LogP contribution in [0.2, 0.25) is 0 Å². The molecule has 3 nitrogen and oxygen atoms in total. The first kappa shape index (κ1) is 12.9. The number of halogens is 1. The summed E-state index contributed by atoms with van der Waals surface area (Å²) >= 11 is 6.05. The number of nitrogen functional groups attached to an aromatic ring is 1. The maximum Gasteiger partial charge on any atom is 0.199 e. The van der Waals surface area contributed by atoms with Gasteiger partial charge < -0.3 is 5.73 Å². The van der Waals surface area contributed by atoms with E-state index in [2.05, 4.69) is 0 Å². The summed E-state index contributed by atoms with van der Waals surface area (Å²) in [5.41, 5.74) is 6.59. The number of sulfone groups is 1. The van der Waals surface area contributed by atoms with Crippen LogP contribution in [0.4, 0.5) is 5.69 Å². The molecule has 0 aliphatic heterocycles. The number of hydrogen-bond donors (Lipinski definition) is 1. The lowest BCUT2D eigenvalue weighted by Gasteiger charge is -2.11. The maximum atomic E-state index is 12.3. The summed E-state index contributed by atoms with van der Waals surface area (Å²) in [7, 11) is -3.60. The van der Waals surface area contributed by atoms with Gasteiger partial charge in [-0.15, -0.1) is 0 Å². The average molecular weight is 282 g/mol. The molecular formula is C13H12ClNO2S. The number of nitrogens with two attached hydrogens (primary N) is 1. The van der Waals surface area contributed by atoms with Crippen molar-refractivity contribution in [2.75, 3.05) is 5.73 Å². The van der Waals surface area contributed by atoms with E-state index in [0.717, 1.165) is 0 Å². The Morgan fingerprint density at radius 3 is 2.06 bits per heavy atom. The van der Waals surface area contributed by atoms with Gasteiger partial charge in [-0.2, -0.15) is 0 Å². The van der Waals surface area contributed by atoms with E-state index in [1.807, 2.05) is 6.07 Å². The lowest BCUT2D eigenvalue weighted by molar-refractivity contribution is 0.594. The number of alkyl halides is 1. The van der Waals surface area contributed by atoms with Gasteiger partial charge in [0.1, 0.15) is 0 Å². The largest absolute Gasteiger partial charge is 0.399 e. The van der Waals surface area contributed by atoms with Crippen LogP contribution in [0.15, 0.2) is 59.5 Å². The fourth-order valence-electron chi connectivity index (χ4n) is 1.56. The zero-order chi connectivity index (χ0) is 13.2. The SMILES string of the molecule is Nc1ccc(S(=O)(=O)C(Cl)c2ccccc2)cc1. The van der Waals surface area contributed by atoms with Crippen molar-refractivity contribution >= 4 is 27.1 Å². The van der Waals surface area contributed by atoms with Gasteiger partial charge in [-0.1, -0.05) is 41.9 Å². The first-order chi connectivity index (χ1) is 8.51. The molecule has 0 aliphatic carbocycles. The van der Waals surface area contributed by atoms with Crippen molar-refractivity contribution in [1.82, 2.24) is 0 Å². The average Bonchev–Trinajstić information content (AvgIpc) is 2.39. The van der Waals surface area contributed by atoms with Gasteiger partial charge in [0.25, 0.3) is 0 Å². The minimum absolute atomic E-state index is 0.167. The molecule has 0 spiro atoms. The predicted octanol–water partition coefficient (Wildman–Crippen LogP) is 2.98. The highest BCUT2D eigenvalue weighted by Gasteiger charge is 2.26. The van der Waals surface area contributed by atoms with Crippen molar-refractivity contribution in [3.63, 3.8) is 0 Å². The predicted molar refractivity (Wildman–Crippen MR) is 73.1 cm³/mol. The van der Waals surface area contributed by atoms with Crippen LogP contribution < -0.4 is 5.73 Å². The number of anilines is 1. The molecule has 2 N–H and O–H groups in total. The van der Waals surface area contributed by atoms with Crippen molar-refractivity contribution < 1.29 is 8.42 Å². The van der Waals surface area contributed by atoms with Gasteiger partial charge in [0.15, 0.2) is 14.5 Å². The zero-order valence-corrected chi connectivity index (χ0v) is 11.0. The second kappa shape index (κ2) is 5.00. The summed E-state index contributed by atoms with van der Waals surface area (Å²) in [4.78, 5) is 0.167. The fourth-order valence-corrected chi connectivity index (χ4v) is 3.28. The van der Waals surface area contributed by atoms with Crippen LogP contribution in [0.1, 0.15) is 10.3 Å². The fraction of sp³-hybridized carbons (Fsp3) is 0.0769. The minimum atomic E-state index is -3.60. The van der Waals surface area contributed by atoms with Crippen molar-refractivity contribution in [2.24, 2.45) is 0 Å². The van der Waals surface area contributed by atoms with E-state index < -0.39 is 14.5 Å². The van der Waals surface area contributed by atoms with Crippen LogP contribution in [0.25, 0.3) is 0 Å². The summed E-state index contributed by atoms with van der Waals surface area (Å²) in [6, 6.07) is 14.7. The highest BCUT2D eigenvalue weighted by atomic mass is 35.5. The number of rotatable bonds is 3. The molecule has 1 atom stereocenters. The molecule has 2 aromatic carbocycles. The van der Waals surface area contributed by atoms with Gasteiger partial charge in [-0.25, -0.2) is 8.42 Å². The van der Waals surface area contributed by atoms with E-state index in [-0.39, 0.29) is 4.90 Å². The standard InChI is InChI=1S/C13H12ClNO2S/c14-13(10-4-2-1-3-5-10)18(16,17)12-8-6-11(15)7-9-12/h1-9,13H,15H2. The lowest BCUT2D eigenvalue weighted by Crippen LogP contribution is -2.08. The first-order valence-electron chi connectivity index (χ1n) is 5.30. The summed E-state index contributed by atoms with van der Waals surface area (Å²) in [5, 5.41) is 0. The van der Waals surface area contributed by atoms with E-state index in [1.54, 1.807) is 36.4 Å². The zero-order valence-electron chi connectivity index (χ0n) is 9.45. The maximum absolute atomic E-state index is 12.3. The molecular weight excluding hydrogens is 270 g/mol. The Morgan fingerprint density at radius 2 is 1.50 bits per heavy atom. The monoisotopic (exact) mass is 281 g/mol. The topological polar surface area (TPSA) is 60.2 Å². The normalized spacial score (nSPS) is 13.2. The van der Waals surface area contributed by atoms with Crippen LogP contribution in [-0.4, -0.2) is 8.42 Å². The quantitative estimate of drug-likeness (QED) is 0.695. The lowest BCUT2D eigenvalue weighted by atomic mass is 10.2. The van der Waals surface area contributed by atoms with E-state index in [0.29, 0.717) is 11.3 Å². The molecule has 0 bridgehead atoms. The van der Waals surface area contributed by atoms with Gasteiger partial charge in [0, 0.05) is 5.69 Å². The van der Waals surface area contributed by atoms with Crippen LogP contribution in [-0.2, 0) is 9.84 Å². The summed E-state index contributed by atoms with van der Waals surface area (Å²) in [5.74, 6) is 0. The summed E-state index contributed by atoms with van der Waals surface area (Å²) < 4.78 is 23.4. The van der Waals surface area contributed by atoms with E-state index in [1.165, 1.54) is 12.1 Å². The molecule has 0 saturated heterocycles. The van der Waals surface area contributed by atoms with Gasteiger partial charge in [0.05, 0.1) is 4.90 Å². The van der Waals surface area contributed by atoms with Crippen molar-refractivity contribution in [1.29, 1.82) is 0 Å². The third kappa shape index (κ3) is 2.49. The Balaban J connectivity index is 2.40. The van der Waals surface area contributed by atoms with Gasteiger partial charge in [-0.3, -0.25) is 0 Å². The van der Waals surface area contributed by atoms with Crippen LogP contribution in [0.3, 0.4) is 0 Å². The van der Waals surface area contributed by atoms with Crippen LogP contribution in [0.5, 0.6) is 0 Å². The Hall–Kier alpha value is -1.52. The highest BCUT2D eigenvalue weighted by molar-refractivity contribution is 7.92. The minimum Gasteiger partial charge on any atom is -0.399 e. The summed E-state index contributed by atoms with van der Waals surface area (Å²) in [6.45, 7) is 0. The van der Waals surface area contributed by atoms with Gasteiger partial charge >= 0.3 is 0 Å². The van der Waals surface area contributed by atoms with E-state index in [4.69, 9.17) is 17.3 Å². The molecule has 2 rings (SSSR count). The van der Waals surface area contributed by atoms with Gasteiger partial charge in [0.2, 0.25) is 0 Å². The summed E-state index contributed by atoms with van der Waals surface area (Å²) in [6.07, 6.45) is 0. The molecule has 5 heteroatoms. The molecule has 94 valence electrons. The number of benzene rings is 2. The third-order valence-electron chi connectivity index (χ3n) is 2.54. The van der Waals surface area contributed by atoms with E-state index in [9.17, 15) is 8.42 Å². The highest BCUT2D eigenvalue weighted by Crippen LogP contribution is 2.32. The van der Waals surface area contributed by atoms with Crippen molar-refractivity contribution in [2.45, 2.75) is 9.60 Å². The second-order valence-corrected chi connectivity index (χ2v) is 6.57. The smallest absolute Gasteiger partial charge is 0.199 e. The Kier molecular flexibility index (Phi) is 3.59. The molecule has 0 heterocycles. The van der Waals surface area contributed by atoms with Crippen LogP contribution in [0, 0.1) is 0 Å². The molecule has 0 radical (unpaired) electrons. The Bertz CT molecular complexity index is 624. The number of hydrogen-bond acceptors (Lipinski definition) is 3. The first-order valence-corrected chi connectivity index (χ1v) is 7.28. The molecule has 0 amide bonds. The molecule has 0 fully saturated rings. The Labute approximate surface area is 111 Å².